The Morgan fingerprint density at radius 3 is 2.81 bits per heavy atom. The maximum absolute atomic E-state index is 5.42. The van der Waals surface area contributed by atoms with Crippen molar-refractivity contribution in [1.82, 2.24) is 25.3 Å². The van der Waals surface area contributed by atoms with E-state index in [1.807, 2.05) is 19.1 Å². The molecular weight excluding hydrogens is 266 g/mol. The Hall–Kier alpha value is -1.79. The normalized spacial score (nSPS) is 17.8. The number of nitrogens with zero attached hydrogens (tertiary/aromatic N) is 4. The van der Waals surface area contributed by atoms with Crippen LogP contribution in [0.4, 0.5) is 0 Å². The lowest BCUT2D eigenvalue weighted by atomic mass is 10.1. The highest BCUT2D eigenvalue weighted by Gasteiger charge is 2.25. The van der Waals surface area contributed by atoms with Crippen LogP contribution in [-0.2, 0) is 0 Å². The second kappa shape index (κ2) is 6.32. The molecular formula is C15H21N5O. The molecule has 2 aromatic heterocycles. The summed E-state index contributed by atoms with van der Waals surface area (Å²) in [4.78, 5) is 11.3. The van der Waals surface area contributed by atoms with Gasteiger partial charge < -0.3 is 9.84 Å². The topological polar surface area (TPSA) is 67.1 Å². The Morgan fingerprint density at radius 1 is 1.33 bits per heavy atom. The number of hydrogen-bond donors (Lipinski definition) is 1. The van der Waals surface area contributed by atoms with Crippen molar-refractivity contribution < 1.29 is 4.52 Å². The quantitative estimate of drug-likeness (QED) is 0.925. The van der Waals surface area contributed by atoms with E-state index in [4.69, 9.17) is 4.52 Å². The molecule has 1 aliphatic rings. The van der Waals surface area contributed by atoms with Gasteiger partial charge in [0.1, 0.15) is 0 Å². The van der Waals surface area contributed by atoms with Crippen LogP contribution in [0.1, 0.15) is 30.9 Å². The molecule has 0 aromatic carbocycles. The van der Waals surface area contributed by atoms with Crippen LogP contribution >= 0.6 is 0 Å². The summed E-state index contributed by atoms with van der Waals surface area (Å²) >= 11 is 0. The van der Waals surface area contributed by atoms with Gasteiger partial charge in [0.15, 0.2) is 5.82 Å². The fraction of sp³-hybridized carbons (Fsp3) is 0.533. The Labute approximate surface area is 124 Å². The number of pyridine rings is 1. The zero-order valence-corrected chi connectivity index (χ0v) is 12.5. The number of aromatic nitrogens is 3. The van der Waals surface area contributed by atoms with Crippen molar-refractivity contribution >= 4 is 0 Å². The lowest BCUT2D eigenvalue weighted by molar-refractivity contribution is 0.160. The minimum absolute atomic E-state index is 0.225. The molecule has 3 heterocycles. The number of nitrogens with one attached hydrogen (secondary N) is 1. The summed E-state index contributed by atoms with van der Waals surface area (Å²) in [7, 11) is 0. The highest BCUT2D eigenvalue weighted by Crippen LogP contribution is 2.24. The second-order valence-corrected chi connectivity index (χ2v) is 5.36. The predicted octanol–water partition coefficient (Wildman–Crippen LogP) is 1.80. The highest BCUT2D eigenvalue weighted by atomic mass is 16.5. The highest BCUT2D eigenvalue weighted by molar-refractivity contribution is 5.50. The number of aryl methyl sites for hydroxylation is 1. The summed E-state index contributed by atoms with van der Waals surface area (Å²) in [6.45, 7) is 8.20. The molecule has 1 atom stereocenters. The summed E-state index contributed by atoms with van der Waals surface area (Å²) in [6, 6.07) is 4.14. The average Bonchev–Trinajstić information content (AvgIpc) is 2.99. The van der Waals surface area contributed by atoms with Gasteiger partial charge >= 0.3 is 0 Å². The van der Waals surface area contributed by atoms with Gasteiger partial charge in [0.2, 0.25) is 0 Å². The summed E-state index contributed by atoms with van der Waals surface area (Å²) < 4.78 is 5.42. The van der Waals surface area contributed by atoms with Gasteiger partial charge in [0.25, 0.3) is 5.89 Å². The van der Waals surface area contributed by atoms with E-state index in [1.165, 1.54) is 0 Å². The Morgan fingerprint density at radius 2 is 2.14 bits per heavy atom. The van der Waals surface area contributed by atoms with Crippen LogP contribution in [0.5, 0.6) is 0 Å². The van der Waals surface area contributed by atoms with Crippen molar-refractivity contribution in [2.24, 2.45) is 0 Å². The molecule has 2 aromatic rings. The summed E-state index contributed by atoms with van der Waals surface area (Å²) in [5, 5.41) is 7.55. The van der Waals surface area contributed by atoms with Gasteiger partial charge in [-0.2, -0.15) is 4.98 Å². The molecule has 0 amide bonds. The molecule has 0 saturated carbocycles. The first-order chi connectivity index (χ1) is 10.3. The Balaban J connectivity index is 1.80. The maximum Gasteiger partial charge on any atom is 0.259 e. The van der Waals surface area contributed by atoms with Gasteiger partial charge in [-0.05, 0) is 25.5 Å². The Bertz CT molecular complexity index is 574. The fourth-order valence-corrected chi connectivity index (χ4v) is 2.68. The van der Waals surface area contributed by atoms with Crippen molar-refractivity contribution in [3.05, 3.63) is 29.8 Å². The van der Waals surface area contributed by atoms with E-state index < -0.39 is 0 Å². The van der Waals surface area contributed by atoms with E-state index >= 15 is 0 Å². The molecule has 1 unspecified atom stereocenters. The molecule has 6 nitrogen and oxygen atoms in total. The van der Waals surface area contributed by atoms with Crippen LogP contribution in [0.25, 0.3) is 11.5 Å². The zero-order chi connectivity index (χ0) is 14.7. The summed E-state index contributed by atoms with van der Waals surface area (Å²) in [5.41, 5.74) is 1.85. The molecule has 0 aliphatic carbocycles. The van der Waals surface area contributed by atoms with Gasteiger partial charge in [0.05, 0.1) is 11.6 Å². The van der Waals surface area contributed by atoms with E-state index in [1.54, 1.807) is 6.20 Å². The number of hydrogen-bond acceptors (Lipinski definition) is 6. The lowest BCUT2D eigenvalue weighted by Crippen LogP contribution is -2.45. The van der Waals surface area contributed by atoms with Crippen molar-refractivity contribution in [1.29, 1.82) is 0 Å². The van der Waals surface area contributed by atoms with Crippen LogP contribution < -0.4 is 5.32 Å². The fourth-order valence-electron chi connectivity index (χ4n) is 2.68. The van der Waals surface area contributed by atoms with Crippen LogP contribution in [0.15, 0.2) is 22.9 Å². The monoisotopic (exact) mass is 287 g/mol. The molecule has 0 spiro atoms. The van der Waals surface area contributed by atoms with Crippen molar-refractivity contribution in [3.8, 4) is 11.5 Å². The molecule has 0 radical (unpaired) electrons. The zero-order valence-electron chi connectivity index (χ0n) is 12.5. The predicted molar refractivity (Wildman–Crippen MR) is 79.7 cm³/mol. The van der Waals surface area contributed by atoms with E-state index in [2.05, 4.69) is 32.3 Å². The average molecular weight is 287 g/mol. The maximum atomic E-state index is 5.42. The summed E-state index contributed by atoms with van der Waals surface area (Å²) in [6.07, 6.45) is 2.75. The smallest absolute Gasteiger partial charge is 0.259 e. The minimum atomic E-state index is 0.225. The van der Waals surface area contributed by atoms with Gasteiger partial charge in [-0.25, -0.2) is 0 Å². The summed E-state index contributed by atoms with van der Waals surface area (Å²) in [5.74, 6) is 1.32. The molecule has 21 heavy (non-hydrogen) atoms. The third-order valence-electron chi connectivity index (χ3n) is 3.88. The molecule has 6 heteroatoms. The van der Waals surface area contributed by atoms with Crippen molar-refractivity contribution in [2.75, 3.05) is 26.2 Å². The minimum Gasteiger partial charge on any atom is -0.334 e. The number of rotatable bonds is 4. The first-order valence-electron chi connectivity index (χ1n) is 7.49. The van der Waals surface area contributed by atoms with Crippen LogP contribution in [0.2, 0.25) is 0 Å². The number of piperazine rings is 1. The van der Waals surface area contributed by atoms with Crippen molar-refractivity contribution in [2.45, 2.75) is 26.3 Å². The van der Waals surface area contributed by atoms with Crippen LogP contribution in [0, 0.1) is 6.92 Å². The third-order valence-corrected chi connectivity index (χ3v) is 3.88. The van der Waals surface area contributed by atoms with Gasteiger partial charge in [-0.3, -0.25) is 9.88 Å². The van der Waals surface area contributed by atoms with Gasteiger partial charge in [-0.1, -0.05) is 12.1 Å². The van der Waals surface area contributed by atoms with Crippen molar-refractivity contribution in [3.63, 3.8) is 0 Å². The third kappa shape index (κ3) is 3.11. The molecule has 1 aliphatic heterocycles. The molecule has 1 N–H and O–H groups in total. The van der Waals surface area contributed by atoms with E-state index in [-0.39, 0.29) is 6.04 Å². The molecule has 112 valence electrons. The van der Waals surface area contributed by atoms with Gasteiger partial charge in [0, 0.05) is 38.1 Å². The standard InChI is InChI=1S/C15H21N5O/c1-3-13(20-8-6-16-7-9-20)14-18-15(21-19-14)12-5-4-11(2)17-10-12/h4-5,10,13,16H,3,6-9H2,1-2H3. The van der Waals surface area contributed by atoms with E-state index in [0.29, 0.717) is 5.89 Å². The second-order valence-electron chi connectivity index (χ2n) is 5.36. The molecule has 3 rings (SSSR count). The molecule has 1 saturated heterocycles. The van der Waals surface area contributed by atoms with E-state index in [9.17, 15) is 0 Å². The molecule has 1 fully saturated rings. The van der Waals surface area contributed by atoms with Crippen LogP contribution in [-0.4, -0.2) is 46.2 Å². The SMILES string of the molecule is CCC(c1noc(-c2ccc(C)nc2)n1)N1CCNCC1. The lowest BCUT2D eigenvalue weighted by Gasteiger charge is -2.32. The van der Waals surface area contributed by atoms with Crippen LogP contribution in [0.3, 0.4) is 0 Å². The first kappa shape index (κ1) is 14.2. The van der Waals surface area contributed by atoms with Gasteiger partial charge in [-0.15, -0.1) is 0 Å². The molecule has 0 bridgehead atoms. The van der Waals surface area contributed by atoms with E-state index in [0.717, 1.165) is 49.7 Å². The largest absolute Gasteiger partial charge is 0.334 e. The Kier molecular flexibility index (Phi) is 4.26. The first-order valence-corrected chi connectivity index (χ1v) is 7.49.